The molecule has 32 heavy (non-hydrogen) atoms. The largest absolute Gasteiger partial charge is 0.494 e. The van der Waals surface area contributed by atoms with Crippen LogP contribution in [-0.4, -0.2) is 55.1 Å². The van der Waals surface area contributed by atoms with Gasteiger partial charge >= 0.3 is 0 Å². The molecule has 1 atom stereocenters. The average molecular weight is 440 g/mol. The van der Waals surface area contributed by atoms with Gasteiger partial charge in [0.05, 0.1) is 6.61 Å². The summed E-state index contributed by atoms with van der Waals surface area (Å²) in [6, 6.07) is 7.90. The Labute approximate surface area is 187 Å². The minimum Gasteiger partial charge on any atom is -0.494 e. The highest BCUT2D eigenvalue weighted by molar-refractivity contribution is 6.13. The Balaban J connectivity index is 1.82. The first kappa shape index (κ1) is 23.4. The topological polar surface area (TPSA) is 119 Å². The van der Waals surface area contributed by atoms with Crippen molar-refractivity contribution in [1.82, 2.24) is 10.2 Å². The van der Waals surface area contributed by atoms with Crippen LogP contribution >= 0.6 is 0 Å². The summed E-state index contributed by atoms with van der Waals surface area (Å²) >= 11 is 0. The summed E-state index contributed by atoms with van der Waals surface area (Å²) in [5.41, 5.74) is 6.17. The Morgan fingerprint density at radius 1 is 1.22 bits per heavy atom. The number of amides is 3. The number of ether oxygens (including phenoxy) is 1. The number of likely N-dealkylation sites (N-methyl/N-ethyl adjacent to an activating group) is 1. The minimum atomic E-state index is -0.739. The van der Waals surface area contributed by atoms with Crippen molar-refractivity contribution in [3.8, 4) is 5.75 Å². The summed E-state index contributed by atoms with van der Waals surface area (Å²) < 4.78 is 5.83. The van der Waals surface area contributed by atoms with Crippen molar-refractivity contribution in [3.05, 3.63) is 41.5 Å². The van der Waals surface area contributed by atoms with Gasteiger partial charge in [-0.3, -0.25) is 24.5 Å². The molecule has 0 aromatic heterocycles. The second-order valence-electron chi connectivity index (χ2n) is 7.97. The average Bonchev–Trinajstić information content (AvgIpc) is 2.79. The predicted octanol–water partition coefficient (Wildman–Crippen LogP) is 2.43. The molecule has 1 aliphatic rings. The number of rotatable bonds is 10. The van der Waals surface area contributed by atoms with E-state index in [4.69, 9.17) is 10.5 Å². The number of nitrogens with two attached hydrogens (primary N) is 1. The SMILES string of the molecule is CN(C(=O)c1cccc2cc(OCCCCCCN)cc(C=O)c12)C1CCC(=O)NC1=O. The van der Waals surface area contributed by atoms with E-state index in [1.165, 1.54) is 11.9 Å². The normalized spacial score (nSPS) is 16.0. The molecule has 3 amide bonds. The number of hydrogen-bond donors (Lipinski definition) is 2. The molecule has 0 spiro atoms. The second kappa shape index (κ2) is 10.9. The predicted molar refractivity (Wildman–Crippen MR) is 121 cm³/mol. The highest BCUT2D eigenvalue weighted by atomic mass is 16.5. The van der Waals surface area contributed by atoms with Gasteiger partial charge in [-0.05, 0) is 49.4 Å². The Morgan fingerprint density at radius 2 is 2.00 bits per heavy atom. The number of benzene rings is 2. The van der Waals surface area contributed by atoms with E-state index in [1.54, 1.807) is 18.2 Å². The number of carbonyl (C=O) groups is 4. The molecule has 0 saturated carbocycles. The van der Waals surface area contributed by atoms with E-state index in [1.807, 2.05) is 12.1 Å². The molecule has 1 unspecified atom stereocenters. The molecule has 1 heterocycles. The number of hydrogen-bond acceptors (Lipinski definition) is 6. The Bertz CT molecular complexity index is 1020. The molecule has 3 rings (SSSR count). The summed E-state index contributed by atoms with van der Waals surface area (Å²) in [5, 5.41) is 3.49. The highest BCUT2D eigenvalue weighted by Crippen LogP contribution is 2.29. The van der Waals surface area contributed by atoms with Crippen LogP contribution in [0.3, 0.4) is 0 Å². The van der Waals surface area contributed by atoms with E-state index in [-0.39, 0.29) is 24.7 Å². The third-order valence-corrected chi connectivity index (χ3v) is 5.70. The number of nitrogens with one attached hydrogen (secondary N) is 1. The van der Waals surface area contributed by atoms with Gasteiger partial charge in [0.2, 0.25) is 11.8 Å². The first-order valence-electron chi connectivity index (χ1n) is 10.9. The van der Waals surface area contributed by atoms with E-state index >= 15 is 0 Å². The van der Waals surface area contributed by atoms with E-state index in [0.29, 0.717) is 47.1 Å². The second-order valence-corrected chi connectivity index (χ2v) is 7.97. The van der Waals surface area contributed by atoms with Gasteiger partial charge in [-0.1, -0.05) is 25.0 Å². The number of unbranched alkanes of at least 4 members (excludes halogenated alkanes) is 3. The standard InChI is InChI=1S/C24H29N3O5/c1-27(20-9-10-21(29)26-23(20)30)24(31)19-8-6-7-16-13-18(14-17(15-28)22(16)19)32-12-5-3-2-4-11-25/h6-8,13-15,20H,2-5,9-12,25H2,1H3,(H,26,29,30). The van der Waals surface area contributed by atoms with Gasteiger partial charge in [0.1, 0.15) is 11.8 Å². The van der Waals surface area contributed by atoms with Crippen LogP contribution in [0.1, 0.15) is 59.2 Å². The fourth-order valence-electron chi connectivity index (χ4n) is 3.96. The van der Waals surface area contributed by atoms with Crippen LogP contribution in [-0.2, 0) is 9.59 Å². The lowest BCUT2D eigenvalue weighted by Crippen LogP contribution is -2.52. The quantitative estimate of drug-likeness (QED) is 0.333. The lowest BCUT2D eigenvalue weighted by molar-refractivity contribution is -0.136. The highest BCUT2D eigenvalue weighted by Gasteiger charge is 2.33. The molecular formula is C24H29N3O5. The van der Waals surface area contributed by atoms with Gasteiger partial charge in [0.15, 0.2) is 6.29 Å². The van der Waals surface area contributed by atoms with Crippen LogP contribution in [0.15, 0.2) is 30.3 Å². The number of nitrogens with zero attached hydrogens (tertiary/aromatic N) is 1. The summed E-state index contributed by atoms with van der Waals surface area (Å²) in [5.74, 6) is -0.647. The van der Waals surface area contributed by atoms with Crippen LogP contribution in [0.4, 0.5) is 0 Å². The smallest absolute Gasteiger partial charge is 0.254 e. The summed E-state index contributed by atoms with van der Waals surface area (Å²) in [6.07, 6.45) is 5.12. The molecule has 0 radical (unpaired) electrons. The van der Waals surface area contributed by atoms with Crippen molar-refractivity contribution in [2.24, 2.45) is 5.73 Å². The molecule has 8 nitrogen and oxygen atoms in total. The Kier molecular flexibility index (Phi) is 7.94. The van der Waals surface area contributed by atoms with Crippen molar-refractivity contribution in [2.45, 2.75) is 44.6 Å². The molecular weight excluding hydrogens is 410 g/mol. The van der Waals surface area contributed by atoms with Crippen LogP contribution in [0.25, 0.3) is 10.8 Å². The Hall–Kier alpha value is -3.26. The van der Waals surface area contributed by atoms with Gasteiger partial charge in [-0.2, -0.15) is 0 Å². The number of piperidine rings is 1. The zero-order valence-electron chi connectivity index (χ0n) is 18.3. The third kappa shape index (κ3) is 5.31. The first-order chi connectivity index (χ1) is 15.5. The van der Waals surface area contributed by atoms with Crippen molar-refractivity contribution >= 4 is 34.8 Å². The molecule has 8 heteroatoms. The van der Waals surface area contributed by atoms with Crippen molar-refractivity contribution in [3.63, 3.8) is 0 Å². The fourth-order valence-corrected chi connectivity index (χ4v) is 3.96. The van der Waals surface area contributed by atoms with Crippen LogP contribution in [0.5, 0.6) is 5.75 Å². The van der Waals surface area contributed by atoms with Crippen molar-refractivity contribution < 1.29 is 23.9 Å². The lowest BCUT2D eigenvalue weighted by atomic mass is 9.97. The monoisotopic (exact) mass is 439 g/mol. The fraction of sp³-hybridized carbons (Fsp3) is 0.417. The third-order valence-electron chi connectivity index (χ3n) is 5.70. The van der Waals surface area contributed by atoms with E-state index in [0.717, 1.165) is 25.7 Å². The molecule has 1 saturated heterocycles. The van der Waals surface area contributed by atoms with Crippen LogP contribution in [0.2, 0.25) is 0 Å². The van der Waals surface area contributed by atoms with Gasteiger partial charge in [-0.25, -0.2) is 0 Å². The molecule has 3 N–H and O–H groups in total. The summed E-state index contributed by atoms with van der Waals surface area (Å²) in [6.45, 7) is 1.22. The van der Waals surface area contributed by atoms with Crippen molar-refractivity contribution in [1.29, 1.82) is 0 Å². The van der Waals surface area contributed by atoms with E-state index < -0.39 is 11.9 Å². The maximum atomic E-state index is 13.2. The number of fused-ring (bicyclic) bond motifs is 1. The maximum absolute atomic E-state index is 13.2. The molecule has 0 bridgehead atoms. The molecule has 1 fully saturated rings. The zero-order chi connectivity index (χ0) is 23.1. The minimum absolute atomic E-state index is 0.177. The molecule has 1 aliphatic heterocycles. The maximum Gasteiger partial charge on any atom is 0.254 e. The zero-order valence-corrected chi connectivity index (χ0v) is 18.3. The van der Waals surface area contributed by atoms with Crippen LogP contribution < -0.4 is 15.8 Å². The molecule has 2 aromatic carbocycles. The van der Waals surface area contributed by atoms with Crippen LogP contribution in [0, 0.1) is 0 Å². The summed E-state index contributed by atoms with van der Waals surface area (Å²) in [4.78, 5) is 50.0. The van der Waals surface area contributed by atoms with E-state index in [9.17, 15) is 19.2 Å². The van der Waals surface area contributed by atoms with Gasteiger partial charge in [0.25, 0.3) is 5.91 Å². The molecule has 170 valence electrons. The number of imide groups is 1. The number of aldehydes is 1. The van der Waals surface area contributed by atoms with Gasteiger partial charge in [-0.15, -0.1) is 0 Å². The van der Waals surface area contributed by atoms with Crippen molar-refractivity contribution in [2.75, 3.05) is 20.2 Å². The summed E-state index contributed by atoms with van der Waals surface area (Å²) in [7, 11) is 1.53. The Morgan fingerprint density at radius 3 is 2.72 bits per heavy atom. The van der Waals surface area contributed by atoms with E-state index in [2.05, 4.69) is 5.32 Å². The first-order valence-corrected chi connectivity index (χ1v) is 10.9. The molecule has 0 aliphatic carbocycles. The number of carbonyl (C=O) groups excluding carboxylic acids is 4. The van der Waals surface area contributed by atoms with Gasteiger partial charge in [0, 0.05) is 30.0 Å². The lowest BCUT2D eigenvalue weighted by Gasteiger charge is -2.30. The van der Waals surface area contributed by atoms with Gasteiger partial charge < -0.3 is 15.4 Å². The molecule has 2 aromatic rings.